The van der Waals surface area contributed by atoms with E-state index in [2.05, 4.69) is 16.3 Å². The minimum Gasteiger partial charge on any atom is -0.415 e. The van der Waals surface area contributed by atoms with Crippen molar-refractivity contribution < 1.29 is 4.42 Å². The Bertz CT molecular complexity index is 529. The van der Waals surface area contributed by atoms with E-state index in [1.165, 1.54) is 11.8 Å². The molecule has 0 amide bonds. The van der Waals surface area contributed by atoms with E-state index >= 15 is 0 Å². The fraction of sp³-hybridized carbons (Fsp3) is 0.182. The third kappa shape index (κ3) is 3.06. The van der Waals surface area contributed by atoms with E-state index in [1.54, 1.807) is 12.1 Å². The Balaban J connectivity index is 1.95. The first kappa shape index (κ1) is 11.6. The molecule has 1 heterocycles. The SMILES string of the molecule is N#Cc1ccc(CSc2nnc(CN)o2)cc1. The minimum absolute atomic E-state index is 0.254. The van der Waals surface area contributed by atoms with Gasteiger partial charge in [0.1, 0.15) is 0 Å². The van der Waals surface area contributed by atoms with Gasteiger partial charge < -0.3 is 10.2 Å². The van der Waals surface area contributed by atoms with Gasteiger partial charge in [-0.05, 0) is 17.7 Å². The Morgan fingerprint density at radius 2 is 2.06 bits per heavy atom. The van der Waals surface area contributed by atoms with Crippen molar-refractivity contribution in [3.05, 3.63) is 41.3 Å². The number of hydrogen-bond acceptors (Lipinski definition) is 6. The Morgan fingerprint density at radius 1 is 1.29 bits per heavy atom. The Kier molecular flexibility index (Phi) is 3.75. The molecule has 0 aliphatic carbocycles. The molecule has 0 aliphatic rings. The second-order valence-electron chi connectivity index (χ2n) is 3.26. The smallest absolute Gasteiger partial charge is 0.276 e. The van der Waals surface area contributed by atoms with E-state index in [9.17, 15) is 0 Å². The molecule has 1 aromatic carbocycles. The lowest BCUT2D eigenvalue weighted by atomic mass is 10.2. The summed E-state index contributed by atoms with van der Waals surface area (Å²) in [5.41, 5.74) is 7.12. The molecule has 0 fully saturated rings. The molecule has 2 N–H and O–H groups in total. The Hall–Kier alpha value is -1.84. The van der Waals surface area contributed by atoms with Crippen LogP contribution in [-0.4, -0.2) is 10.2 Å². The molecule has 0 aliphatic heterocycles. The second-order valence-corrected chi connectivity index (χ2v) is 4.19. The molecule has 0 unspecified atom stereocenters. The van der Waals surface area contributed by atoms with Crippen molar-refractivity contribution in [1.82, 2.24) is 10.2 Å². The lowest BCUT2D eigenvalue weighted by molar-refractivity contribution is 0.415. The first-order valence-corrected chi connectivity index (χ1v) is 5.94. The maximum atomic E-state index is 8.67. The number of aromatic nitrogens is 2. The zero-order chi connectivity index (χ0) is 12.1. The highest BCUT2D eigenvalue weighted by Crippen LogP contribution is 2.21. The topological polar surface area (TPSA) is 88.7 Å². The van der Waals surface area contributed by atoms with Crippen molar-refractivity contribution in [2.75, 3.05) is 0 Å². The molecule has 17 heavy (non-hydrogen) atoms. The quantitative estimate of drug-likeness (QED) is 0.826. The van der Waals surface area contributed by atoms with Gasteiger partial charge in [0.25, 0.3) is 5.22 Å². The first-order chi connectivity index (χ1) is 8.31. The monoisotopic (exact) mass is 246 g/mol. The van der Waals surface area contributed by atoms with Gasteiger partial charge in [-0.2, -0.15) is 5.26 Å². The summed E-state index contributed by atoms with van der Waals surface area (Å²) in [4.78, 5) is 0. The predicted molar refractivity (Wildman–Crippen MR) is 62.9 cm³/mol. The van der Waals surface area contributed by atoms with Crippen molar-refractivity contribution in [3.63, 3.8) is 0 Å². The Morgan fingerprint density at radius 3 is 2.65 bits per heavy atom. The van der Waals surface area contributed by atoms with Gasteiger partial charge in [-0.3, -0.25) is 0 Å². The maximum absolute atomic E-state index is 8.67. The van der Waals surface area contributed by atoms with Crippen molar-refractivity contribution >= 4 is 11.8 Å². The van der Waals surface area contributed by atoms with Gasteiger partial charge in [0.15, 0.2) is 0 Å². The highest BCUT2D eigenvalue weighted by atomic mass is 32.2. The second kappa shape index (κ2) is 5.48. The summed E-state index contributed by atoms with van der Waals surface area (Å²) in [6, 6.07) is 9.47. The van der Waals surface area contributed by atoms with Crippen LogP contribution in [-0.2, 0) is 12.3 Å². The van der Waals surface area contributed by atoms with Gasteiger partial charge >= 0.3 is 0 Å². The van der Waals surface area contributed by atoms with Crippen molar-refractivity contribution in [2.24, 2.45) is 5.73 Å². The normalized spacial score (nSPS) is 10.1. The molecule has 0 saturated heterocycles. The van der Waals surface area contributed by atoms with Gasteiger partial charge in [-0.25, -0.2) is 0 Å². The Labute approximate surface area is 103 Å². The largest absolute Gasteiger partial charge is 0.415 e. The van der Waals surface area contributed by atoms with Crippen LogP contribution in [0, 0.1) is 11.3 Å². The standard InChI is InChI=1S/C11H10N4OS/c12-5-8-1-3-9(4-2-8)7-17-11-15-14-10(6-13)16-11/h1-4H,6-7,13H2. The van der Waals surface area contributed by atoms with Gasteiger partial charge in [-0.1, -0.05) is 23.9 Å². The van der Waals surface area contributed by atoms with Crippen LogP contribution in [0.25, 0.3) is 0 Å². The molecular weight excluding hydrogens is 236 g/mol. The molecule has 1 aromatic heterocycles. The molecule has 2 aromatic rings. The summed E-state index contributed by atoms with van der Waals surface area (Å²) >= 11 is 1.44. The average Bonchev–Trinajstić information content (AvgIpc) is 2.85. The summed E-state index contributed by atoms with van der Waals surface area (Å²) in [6.45, 7) is 0.254. The number of thioether (sulfide) groups is 1. The summed E-state index contributed by atoms with van der Waals surface area (Å²) < 4.78 is 5.26. The zero-order valence-electron chi connectivity index (χ0n) is 8.96. The molecule has 0 atom stereocenters. The highest BCUT2D eigenvalue weighted by molar-refractivity contribution is 7.98. The van der Waals surface area contributed by atoms with Gasteiger partial charge in [0.05, 0.1) is 18.2 Å². The first-order valence-electron chi connectivity index (χ1n) is 4.96. The van der Waals surface area contributed by atoms with Gasteiger partial charge in [0.2, 0.25) is 5.89 Å². The van der Waals surface area contributed by atoms with Crippen LogP contribution in [0.4, 0.5) is 0 Å². The molecule has 0 saturated carbocycles. The summed E-state index contributed by atoms with van der Waals surface area (Å²) in [5.74, 6) is 1.16. The molecule has 0 spiro atoms. The third-order valence-electron chi connectivity index (χ3n) is 2.07. The summed E-state index contributed by atoms with van der Waals surface area (Å²) in [5, 5.41) is 16.8. The van der Waals surface area contributed by atoms with Crippen molar-refractivity contribution in [3.8, 4) is 6.07 Å². The fourth-order valence-corrected chi connectivity index (χ4v) is 1.94. The number of nitrogens with zero attached hydrogens (tertiary/aromatic N) is 3. The van der Waals surface area contributed by atoms with Crippen LogP contribution in [0.5, 0.6) is 0 Å². The number of rotatable bonds is 4. The zero-order valence-corrected chi connectivity index (χ0v) is 9.78. The summed E-state index contributed by atoms with van der Waals surface area (Å²) in [6.07, 6.45) is 0. The van der Waals surface area contributed by atoms with Crippen LogP contribution in [0.3, 0.4) is 0 Å². The van der Waals surface area contributed by atoms with E-state index in [0.29, 0.717) is 16.7 Å². The van der Waals surface area contributed by atoms with Crippen LogP contribution in [0.1, 0.15) is 17.0 Å². The van der Waals surface area contributed by atoms with Crippen molar-refractivity contribution in [2.45, 2.75) is 17.5 Å². The van der Waals surface area contributed by atoms with E-state index < -0.39 is 0 Å². The maximum Gasteiger partial charge on any atom is 0.276 e. The molecule has 86 valence electrons. The lowest BCUT2D eigenvalue weighted by Crippen LogP contribution is -1.95. The number of nitrogens with two attached hydrogens (primary N) is 1. The lowest BCUT2D eigenvalue weighted by Gasteiger charge is -1.97. The van der Waals surface area contributed by atoms with Crippen LogP contribution in [0.15, 0.2) is 33.9 Å². The molecular formula is C11H10N4OS. The van der Waals surface area contributed by atoms with E-state index in [1.807, 2.05) is 12.1 Å². The number of hydrogen-bond donors (Lipinski definition) is 1. The molecule has 0 radical (unpaired) electrons. The molecule has 2 rings (SSSR count). The van der Waals surface area contributed by atoms with Crippen LogP contribution in [0.2, 0.25) is 0 Å². The van der Waals surface area contributed by atoms with Crippen LogP contribution < -0.4 is 5.73 Å². The molecule has 6 heteroatoms. The highest BCUT2D eigenvalue weighted by Gasteiger charge is 2.05. The van der Waals surface area contributed by atoms with Crippen LogP contribution >= 0.6 is 11.8 Å². The number of benzene rings is 1. The van der Waals surface area contributed by atoms with E-state index in [-0.39, 0.29) is 6.54 Å². The fourth-order valence-electron chi connectivity index (χ4n) is 1.20. The third-order valence-corrected chi connectivity index (χ3v) is 2.96. The van der Waals surface area contributed by atoms with Crippen molar-refractivity contribution in [1.29, 1.82) is 5.26 Å². The van der Waals surface area contributed by atoms with Gasteiger partial charge in [-0.15, -0.1) is 10.2 Å². The average molecular weight is 246 g/mol. The minimum atomic E-state index is 0.254. The summed E-state index contributed by atoms with van der Waals surface area (Å²) in [7, 11) is 0. The predicted octanol–water partition coefficient (Wildman–Crippen LogP) is 1.69. The van der Waals surface area contributed by atoms with E-state index in [4.69, 9.17) is 15.4 Å². The molecule has 0 bridgehead atoms. The van der Waals surface area contributed by atoms with Gasteiger partial charge in [0, 0.05) is 5.75 Å². The van der Waals surface area contributed by atoms with E-state index in [0.717, 1.165) is 11.3 Å². The number of nitriles is 1. The molecule has 5 nitrogen and oxygen atoms in total.